The Labute approximate surface area is 149 Å². The number of rotatable bonds is 3. The zero-order chi connectivity index (χ0) is 18.0. The third-order valence-electron chi connectivity index (χ3n) is 6.46. The summed E-state index contributed by atoms with van der Waals surface area (Å²) in [5, 5.41) is 0. The Morgan fingerprint density at radius 3 is 2.04 bits per heavy atom. The third-order valence-corrected chi connectivity index (χ3v) is 6.46. The van der Waals surface area contributed by atoms with Crippen LogP contribution in [0.25, 0.3) is 0 Å². The van der Waals surface area contributed by atoms with Crippen LogP contribution in [-0.4, -0.2) is 13.1 Å². The van der Waals surface area contributed by atoms with Gasteiger partial charge in [0.25, 0.3) is 0 Å². The Bertz CT molecular complexity index is 613. The normalized spacial score (nSPS) is 30.1. The maximum absolute atomic E-state index is 14.5. The van der Waals surface area contributed by atoms with Crippen LogP contribution in [0.5, 0.6) is 0 Å². The van der Waals surface area contributed by atoms with Crippen molar-refractivity contribution in [2.45, 2.75) is 64.2 Å². The van der Waals surface area contributed by atoms with E-state index in [1.54, 1.807) is 6.07 Å². The summed E-state index contributed by atoms with van der Waals surface area (Å²) in [5.41, 5.74) is 0.0923. The first-order valence-electron chi connectivity index (χ1n) is 9.57. The first-order chi connectivity index (χ1) is 12.0. The van der Waals surface area contributed by atoms with E-state index in [9.17, 15) is 13.6 Å². The number of methoxy groups -OCH3 is 1. The van der Waals surface area contributed by atoms with Gasteiger partial charge in [-0.05, 0) is 73.8 Å². The summed E-state index contributed by atoms with van der Waals surface area (Å²) in [6.45, 7) is 2.34. The molecular weight excluding hydrogens is 322 g/mol. The molecule has 0 amide bonds. The molecule has 0 atom stereocenters. The van der Waals surface area contributed by atoms with E-state index in [1.807, 2.05) is 0 Å². The lowest BCUT2D eigenvalue weighted by atomic mass is 9.68. The van der Waals surface area contributed by atoms with E-state index in [0.717, 1.165) is 43.4 Å². The van der Waals surface area contributed by atoms with Crippen molar-refractivity contribution < 1.29 is 18.3 Å². The predicted molar refractivity (Wildman–Crippen MR) is 93.5 cm³/mol. The van der Waals surface area contributed by atoms with Crippen molar-refractivity contribution in [2.75, 3.05) is 7.11 Å². The summed E-state index contributed by atoms with van der Waals surface area (Å²) in [6.07, 6.45) is 9.34. The number of hydrogen-bond donors (Lipinski definition) is 0. The SMILES string of the molecule is COC(=O)c1ccc(C2CCC(C3CCC(C)CC3)CC2)c(F)c1F. The molecule has 4 heteroatoms. The zero-order valence-electron chi connectivity index (χ0n) is 15.2. The molecule has 138 valence electrons. The van der Waals surface area contributed by atoms with E-state index in [0.29, 0.717) is 5.56 Å². The van der Waals surface area contributed by atoms with Crippen LogP contribution in [0, 0.1) is 29.4 Å². The molecule has 2 aliphatic rings. The van der Waals surface area contributed by atoms with Gasteiger partial charge in [0.15, 0.2) is 11.6 Å². The molecule has 0 radical (unpaired) electrons. The number of carbonyl (C=O) groups is 1. The van der Waals surface area contributed by atoms with Crippen molar-refractivity contribution in [1.82, 2.24) is 0 Å². The number of hydrogen-bond acceptors (Lipinski definition) is 2. The van der Waals surface area contributed by atoms with E-state index < -0.39 is 17.6 Å². The first kappa shape index (κ1) is 18.3. The van der Waals surface area contributed by atoms with Crippen molar-refractivity contribution in [3.05, 3.63) is 34.9 Å². The van der Waals surface area contributed by atoms with Crippen LogP contribution in [0.2, 0.25) is 0 Å². The van der Waals surface area contributed by atoms with Crippen LogP contribution in [0.15, 0.2) is 12.1 Å². The Hall–Kier alpha value is -1.45. The van der Waals surface area contributed by atoms with Crippen molar-refractivity contribution >= 4 is 5.97 Å². The minimum Gasteiger partial charge on any atom is -0.465 e. The Morgan fingerprint density at radius 1 is 0.920 bits per heavy atom. The highest BCUT2D eigenvalue weighted by atomic mass is 19.2. The van der Waals surface area contributed by atoms with Crippen LogP contribution in [-0.2, 0) is 4.74 Å². The molecule has 2 nitrogen and oxygen atoms in total. The van der Waals surface area contributed by atoms with Gasteiger partial charge in [0.2, 0.25) is 0 Å². The molecule has 0 unspecified atom stereocenters. The van der Waals surface area contributed by atoms with Crippen LogP contribution in [0.4, 0.5) is 8.78 Å². The Kier molecular flexibility index (Phi) is 5.75. The molecule has 3 rings (SSSR count). The average Bonchev–Trinajstić information content (AvgIpc) is 2.64. The Morgan fingerprint density at radius 2 is 1.48 bits per heavy atom. The number of carbonyl (C=O) groups excluding carboxylic acids is 1. The van der Waals surface area contributed by atoms with Gasteiger partial charge >= 0.3 is 5.97 Å². The van der Waals surface area contributed by atoms with Crippen LogP contribution >= 0.6 is 0 Å². The molecule has 2 fully saturated rings. The summed E-state index contributed by atoms with van der Waals surface area (Å²) in [4.78, 5) is 11.5. The van der Waals surface area contributed by atoms with Crippen molar-refractivity contribution in [3.63, 3.8) is 0 Å². The second-order valence-corrected chi connectivity index (χ2v) is 7.95. The molecule has 25 heavy (non-hydrogen) atoms. The average molecular weight is 350 g/mol. The fourth-order valence-electron chi connectivity index (χ4n) is 4.81. The lowest BCUT2D eigenvalue weighted by Crippen LogP contribution is -2.25. The molecule has 0 bridgehead atoms. The lowest BCUT2D eigenvalue weighted by molar-refractivity contribution is 0.0594. The number of esters is 1. The van der Waals surface area contributed by atoms with Gasteiger partial charge in [-0.3, -0.25) is 0 Å². The topological polar surface area (TPSA) is 26.3 Å². The quantitative estimate of drug-likeness (QED) is 0.639. The lowest BCUT2D eigenvalue weighted by Gasteiger charge is -2.37. The third kappa shape index (κ3) is 3.88. The number of halogens is 2. The fraction of sp³-hybridized carbons (Fsp3) is 0.667. The summed E-state index contributed by atoms with van der Waals surface area (Å²) in [7, 11) is 1.17. The molecule has 0 aromatic heterocycles. The molecule has 2 aliphatic carbocycles. The summed E-state index contributed by atoms with van der Waals surface area (Å²) < 4.78 is 33.1. The van der Waals surface area contributed by atoms with Gasteiger partial charge in [-0.25, -0.2) is 13.6 Å². The van der Waals surface area contributed by atoms with Gasteiger partial charge in [-0.2, -0.15) is 0 Å². The molecule has 0 saturated heterocycles. The highest BCUT2D eigenvalue weighted by Gasteiger charge is 2.32. The summed E-state index contributed by atoms with van der Waals surface area (Å²) in [6, 6.07) is 2.92. The zero-order valence-corrected chi connectivity index (χ0v) is 15.2. The van der Waals surface area contributed by atoms with Crippen molar-refractivity contribution in [1.29, 1.82) is 0 Å². The van der Waals surface area contributed by atoms with Crippen LogP contribution < -0.4 is 0 Å². The highest BCUT2D eigenvalue weighted by Crippen LogP contribution is 2.44. The Balaban J connectivity index is 1.65. The maximum Gasteiger partial charge on any atom is 0.340 e. The minimum absolute atomic E-state index is 0.0555. The molecule has 1 aromatic carbocycles. The molecule has 1 aromatic rings. The maximum atomic E-state index is 14.5. The van der Waals surface area contributed by atoms with Gasteiger partial charge in [-0.15, -0.1) is 0 Å². The number of benzene rings is 1. The van der Waals surface area contributed by atoms with Gasteiger partial charge in [0.05, 0.1) is 12.7 Å². The highest BCUT2D eigenvalue weighted by molar-refractivity contribution is 5.89. The summed E-state index contributed by atoms with van der Waals surface area (Å²) in [5.74, 6) is -0.312. The minimum atomic E-state index is -1.08. The smallest absolute Gasteiger partial charge is 0.340 e. The van der Waals surface area contributed by atoms with Crippen molar-refractivity contribution in [2.24, 2.45) is 17.8 Å². The second kappa shape index (κ2) is 7.84. The largest absolute Gasteiger partial charge is 0.465 e. The standard InChI is InChI=1S/C21H28F2O2/c1-13-3-5-14(6-4-13)15-7-9-16(10-8-15)17-11-12-18(21(24)25-2)20(23)19(17)22/h11-16H,3-10H2,1-2H3. The van der Waals surface area contributed by atoms with Crippen molar-refractivity contribution in [3.8, 4) is 0 Å². The van der Waals surface area contributed by atoms with E-state index in [2.05, 4.69) is 11.7 Å². The van der Waals surface area contributed by atoms with Gasteiger partial charge in [-0.1, -0.05) is 25.8 Å². The van der Waals surface area contributed by atoms with Gasteiger partial charge in [0.1, 0.15) is 0 Å². The molecular formula is C21H28F2O2. The summed E-state index contributed by atoms with van der Waals surface area (Å²) >= 11 is 0. The molecule has 2 saturated carbocycles. The molecule has 0 heterocycles. The van der Waals surface area contributed by atoms with E-state index in [-0.39, 0.29) is 11.5 Å². The van der Waals surface area contributed by atoms with E-state index in [4.69, 9.17) is 0 Å². The molecule has 0 N–H and O–H groups in total. The first-order valence-corrected chi connectivity index (χ1v) is 9.57. The molecule has 0 aliphatic heterocycles. The monoisotopic (exact) mass is 350 g/mol. The number of ether oxygens (including phenoxy) is 1. The molecule has 0 spiro atoms. The van der Waals surface area contributed by atoms with Crippen LogP contribution in [0.1, 0.15) is 80.1 Å². The van der Waals surface area contributed by atoms with E-state index >= 15 is 0 Å². The van der Waals surface area contributed by atoms with E-state index in [1.165, 1.54) is 38.9 Å². The predicted octanol–water partition coefficient (Wildman–Crippen LogP) is 5.85. The fourth-order valence-corrected chi connectivity index (χ4v) is 4.81. The van der Waals surface area contributed by atoms with Gasteiger partial charge in [0, 0.05) is 0 Å². The van der Waals surface area contributed by atoms with Gasteiger partial charge < -0.3 is 4.74 Å². The van der Waals surface area contributed by atoms with Crippen LogP contribution in [0.3, 0.4) is 0 Å². The second-order valence-electron chi connectivity index (χ2n) is 7.95.